The van der Waals surface area contributed by atoms with Crippen LogP contribution in [-0.2, 0) is 11.0 Å². The second-order valence-electron chi connectivity index (χ2n) is 2.93. The monoisotopic (exact) mass is 233 g/mol. The Morgan fingerprint density at radius 2 is 1.81 bits per heavy atom. The molecule has 0 aliphatic heterocycles. The minimum Gasteiger partial charge on any atom is -0.475 e. The summed E-state index contributed by atoms with van der Waals surface area (Å²) >= 11 is 0. The lowest BCUT2D eigenvalue weighted by Gasteiger charge is -2.08. The lowest BCUT2D eigenvalue weighted by molar-refractivity contribution is -0.137. The third kappa shape index (κ3) is 2.30. The summed E-state index contributed by atoms with van der Waals surface area (Å²) in [6.07, 6.45) is -4.58. The number of benzene rings is 1. The quantitative estimate of drug-likeness (QED) is 0.461. The fraction of sp³-hybridized carbons (Fsp3) is 0.111. The number of carbonyl (C=O) groups excluding carboxylic acids is 1. The van der Waals surface area contributed by atoms with Gasteiger partial charge >= 0.3 is 12.1 Å². The van der Waals surface area contributed by atoms with Crippen LogP contribution in [0.2, 0.25) is 0 Å². The number of rotatable bonds is 2. The zero-order valence-electron chi connectivity index (χ0n) is 7.71. The van der Waals surface area contributed by atoms with E-state index in [1.165, 1.54) is 0 Å². The molecule has 0 saturated carbocycles. The van der Waals surface area contributed by atoms with E-state index >= 15 is 0 Å². The van der Waals surface area contributed by atoms with Crippen molar-refractivity contribution < 1.29 is 27.9 Å². The number of halogens is 3. The second kappa shape index (κ2) is 3.84. The number of carboxylic acid groups (broad SMARTS) is 1. The Bertz CT molecular complexity index is 454. The Morgan fingerprint density at radius 1 is 1.25 bits per heavy atom. The van der Waals surface area contributed by atoms with Gasteiger partial charge in [-0.15, -0.1) is 0 Å². The normalized spacial score (nSPS) is 11.2. The van der Waals surface area contributed by atoms with Crippen molar-refractivity contribution in [3.8, 4) is 0 Å². The molecule has 0 amide bonds. The summed E-state index contributed by atoms with van der Waals surface area (Å²) in [5.41, 5.74) is 3.17. The van der Waals surface area contributed by atoms with Gasteiger partial charge in [0.05, 0.1) is 11.1 Å². The molecule has 0 radical (unpaired) electrons. The molecule has 0 aromatic heterocycles. The van der Waals surface area contributed by atoms with Crippen LogP contribution in [0, 0.1) is 0 Å². The van der Waals surface area contributed by atoms with Crippen LogP contribution in [0.3, 0.4) is 0 Å². The molecule has 0 unspecified atom stereocenters. The highest BCUT2D eigenvalue weighted by atomic mass is 19.4. The van der Waals surface area contributed by atoms with E-state index in [-0.39, 0.29) is 0 Å². The molecule has 0 saturated heterocycles. The predicted octanol–water partition coefficient (Wildman–Crippen LogP) is 1.55. The van der Waals surface area contributed by atoms with Crippen molar-refractivity contribution in [3.63, 3.8) is 0 Å². The zero-order valence-corrected chi connectivity index (χ0v) is 7.71. The molecule has 0 aliphatic carbocycles. The van der Waals surface area contributed by atoms with Crippen LogP contribution in [0.25, 0.3) is 0 Å². The fourth-order valence-electron chi connectivity index (χ4n) is 1.06. The maximum atomic E-state index is 12.2. The van der Waals surface area contributed by atoms with Crippen molar-refractivity contribution in [2.45, 2.75) is 6.18 Å². The molecule has 0 aliphatic rings. The molecule has 0 bridgehead atoms. The SMILES string of the molecule is Nc1cc(C(F)(F)F)ccc1C(=O)C(=O)O. The summed E-state index contributed by atoms with van der Waals surface area (Å²) in [5.74, 6) is -3.11. The number of alkyl halides is 3. The molecule has 16 heavy (non-hydrogen) atoms. The summed E-state index contributed by atoms with van der Waals surface area (Å²) in [7, 11) is 0. The van der Waals surface area contributed by atoms with E-state index in [9.17, 15) is 22.8 Å². The number of Topliss-reactive ketones (excluding diaryl/α,β-unsaturated/α-hetero) is 1. The van der Waals surface area contributed by atoms with Crippen molar-refractivity contribution in [1.29, 1.82) is 0 Å². The first-order valence-corrected chi connectivity index (χ1v) is 3.98. The van der Waals surface area contributed by atoms with Gasteiger partial charge in [0.1, 0.15) is 0 Å². The van der Waals surface area contributed by atoms with E-state index in [0.29, 0.717) is 12.1 Å². The first-order valence-electron chi connectivity index (χ1n) is 3.98. The molecule has 86 valence electrons. The van der Waals surface area contributed by atoms with Gasteiger partial charge in [-0.05, 0) is 18.2 Å². The molecule has 7 heteroatoms. The number of hydrogen-bond donors (Lipinski definition) is 2. The van der Waals surface area contributed by atoms with Gasteiger partial charge in [0, 0.05) is 5.69 Å². The van der Waals surface area contributed by atoms with Crippen LogP contribution in [0.1, 0.15) is 15.9 Å². The number of anilines is 1. The molecule has 4 nitrogen and oxygen atoms in total. The highest BCUT2D eigenvalue weighted by Gasteiger charge is 2.31. The van der Waals surface area contributed by atoms with Gasteiger partial charge in [0.25, 0.3) is 5.78 Å². The average Bonchev–Trinajstić information content (AvgIpc) is 2.15. The Balaban J connectivity index is 3.20. The number of ketones is 1. The average molecular weight is 233 g/mol. The molecule has 1 rings (SSSR count). The number of aliphatic carboxylic acids is 1. The molecule has 0 spiro atoms. The summed E-state index contributed by atoms with van der Waals surface area (Å²) in [4.78, 5) is 21.3. The molecule has 0 heterocycles. The minimum atomic E-state index is -4.58. The summed E-state index contributed by atoms with van der Waals surface area (Å²) in [6.45, 7) is 0. The molecule has 1 aromatic carbocycles. The van der Waals surface area contributed by atoms with Crippen LogP contribution in [-0.4, -0.2) is 16.9 Å². The van der Waals surface area contributed by atoms with E-state index < -0.39 is 34.7 Å². The van der Waals surface area contributed by atoms with Crippen LogP contribution < -0.4 is 5.73 Å². The lowest BCUT2D eigenvalue weighted by atomic mass is 10.1. The minimum absolute atomic E-state index is 0.458. The summed E-state index contributed by atoms with van der Waals surface area (Å²) < 4.78 is 36.6. The zero-order chi connectivity index (χ0) is 12.5. The molecule has 1 aromatic rings. The van der Waals surface area contributed by atoms with Gasteiger partial charge < -0.3 is 10.8 Å². The standard InChI is InChI=1S/C9H6F3NO3/c10-9(11,12)4-1-2-5(6(13)3-4)7(14)8(15)16/h1-3H,13H2,(H,15,16). The highest BCUT2D eigenvalue weighted by molar-refractivity contribution is 6.41. The Morgan fingerprint density at radius 3 is 2.19 bits per heavy atom. The Labute approximate surface area is 87.5 Å². The number of nitrogens with two attached hydrogens (primary N) is 1. The van der Waals surface area contributed by atoms with Gasteiger partial charge in [-0.3, -0.25) is 4.79 Å². The highest BCUT2D eigenvalue weighted by Crippen LogP contribution is 2.31. The van der Waals surface area contributed by atoms with Gasteiger partial charge in [-0.25, -0.2) is 4.79 Å². The van der Waals surface area contributed by atoms with E-state index in [1.54, 1.807) is 0 Å². The lowest BCUT2D eigenvalue weighted by Crippen LogP contribution is -2.16. The third-order valence-electron chi connectivity index (χ3n) is 1.82. The van der Waals surface area contributed by atoms with Crippen molar-refractivity contribution in [2.75, 3.05) is 5.73 Å². The fourth-order valence-corrected chi connectivity index (χ4v) is 1.06. The second-order valence-corrected chi connectivity index (χ2v) is 2.93. The number of nitrogen functional groups attached to an aromatic ring is 1. The van der Waals surface area contributed by atoms with Crippen molar-refractivity contribution >= 4 is 17.4 Å². The number of carbonyl (C=O) groups is 2. The third-order valence-corrected chi connectivity index (χ3v) is 1.82. The van der Waals surface area contributed by atoms with E-state index in [1.807, 2.05) is 0 Å². The van der Waals surface area contributed by atoms with Gasteiger partial charge in [0.2, 0.25) is 0 Å². The van der Waals surface area contributed by atoms with Crippen molar-refractivity contribution in [2.24, 2.45) is 0 Å². The maximum absolute atomic E-state index is 12.2. The number of hydrogen-bond acceptors (Lipinski definition) is 3. The van der Waals surface area contributed by atoms with Crippen molar-refractivity contribution in [1.82, 2.24) is 0 Å². The predicted molar refractivity (Wildman–Crippen MR) is 47.8 cm³/mol. The maximum Gasteiger partial charge on any atom is 0.416 e. The smallest absolute Gasteiger partial charge is 0.416 e. The topological polar surface area (TPSA) is 80.4 Å². The first kappa shape index (κ1) is 12.0. The van der Waals surface area contributed by atoms with E-state index in [4.69, 9.17) is 10.8 Å². The molecule has 0 fully saturated rings. The van der Waals surface area contributed by atoms with Crippen LogP contribution in [0.5, 0.6) is 0 Å². The van der Waals surface area contributed by atoms with Gasteiger partial charge in [0.15, 0.2) is 0 Å². The van der Waals surface area contributed by atoms with Crippen LogP contribution in [0.15, 0.2) is 18.2 Å². The van der Waals surface area contributed by atoms with Crippen molar-refractivity contribution in [3.05, 3.63) is 29.3 Å². The van der Waals surface area contributed by atoms with E-state index in [0.717, 1.165) is 6.07 Å². The largest absolute Gasteiger partial charge is 0.475 e. The van der Waals surface area contributed by atoms with Crippen LogP contribution in [0.4, 0.5) is 18.9 Å². The van der Waals surface area contributed by atoms with Crippen LogP contribution >= 0.6 is 0 Å². The van der Waals surface area contributed by atoms with Gasteiger partial charge in [-0.1, -0.05) is 0 Å². The molecular formula is C9H6F3NO3. The Hall–Kier alpha value is -2.05. The first-order chi connectivity index (χ1) is 7.23. The Kier molecular flexibility index (Phi) is 2.88. The summed E-state index contributed by atoms with van der Waals surface area (Å²) in [6, 6.07) is 1.87. The van der Waals surface area contributed by atoms with E-state index in [2.05, 4.69) is 0 Å². The summed E-state index contributed by atoms with van der Waals surface area (Å²) in [5, 5.41) is 8.36. The van der Waals surface area contributed by atoms with Gasteiger partial charge in [-0.2, -0.15) is 13.2 Å². The molecule has 3 N–H and O–H groups in total. The molecule has 0 atom stereocenters. The number of carboxylic acids is 1. The molecular weight excluding hydrogens is 227 g/mol.